The second-order valence-corrected chi connectivity index (χ2v) is 8.24. The zero-order chi connectivity index (χ0) is 20.1. The number of ether oxygens (including phenoxy) is 1. The van der Waals surface area contributed by atoms with Crippen molar-refractivity contribution in [2.24, 2.45) is 5.92 Å². The van der Waals surface area contributed by atoms with E-state index in [0.29, 0.717) is 24.7 Å². The van der Waals surface area contributed by atoms with Crippen LogP contribution in [0.3, 0.4) is 0 Å². The molecule has 0 saturated carbocycles. The zero-order valence-corrected chi connectivity index (χ0v) is 16.9. The number of halogens is 1. The first-order chi connectivity index (χ1) is 14.2. The van der Waals surface area contributed by atoms with Crippen LogP contribution in [0.2, 0.25) is 0 Å². The lowest BCUT2D eigenvalue weighted by Crippen LogP contribution is -2.43. The average molecular weight is 400 g/mol. The molecule has 2 aromatic rings. The average Bonchev–Trinajstić information content (AvgIpc) is 3.44. The number of amides is 1. The topological polar surface area (TPSA) is 48.6 Å². The van der Waals surface area contributed by atoms with Crippen molar-refractivity contribution in [3.63, 3.8) is 0 Å². The molecule has 1 atom stereocenters. The van der Waals surface area contributed by atoms with E-state index in [2.05, 4.69) is 9.88 Å². The number of aromatic amines is 1. The van der Waals surface area contributed by atoms with E-state index in [1.54, 1.807) is 12.3 Å². The molecule has 4 rings (SSSR count). The molecule has 1 aromatic heterocycles. The number of rotatable bonds is 7. The minimum absolute atomic E-state index is 0.0549. The van der Waals surface area contributed by atoms with Crippen LogP contribution in [-0.2, 0) is 11.3 Å². The molecule has 5 nitrogen and oxygen atoms in total. The predicted octanol–water partition coefficient (Wildman–Crippen LogP) is 3.69. The highest BCUT2D eigenvalue weighted by atomic mass is 19.1. The first kappa shape index (κ1) is 20.1. The van der Waals surface area contributed by atoms with Crippen LogP contribution in [0.1, 0.15) is 41.7 Å². The van der Waals surface area contributed by atoms with Crippen molar-refractivity contribution in [3.05, 3.63) is 59.7 Å². The molecule has 0 radical (unpaired) electrons. The van der Waals surface area contributed by atoms with E-state index < -0.39 is 0 Å². The van der Waals surface area contributed by atoms with E-state index in [0.717, 1.165) is 57.5 Å². The monoisotopic (exact) mass is 399 g/mol. The summed E-state index contributed by atoms with van der Waals surface area (Å²) in [5, 5.41) is 0. The molecule has 2 aliphatic rings. The van der Waals surface area contributed by atoms with E-state index in [-0.39, 0.29) is 17.8 Å². The summed E-state index contributed by atoms with van der Waals surface area (Å²) in [4.78, 5) is 20.3. The van der Waals surface area contributed by atoms with Crippen LogP contribution in [0.15, 0.2) is 42.6 Å². The highest BCUT2D eigenvalue weighted by Crippen LogP contribution is 2.23. The van der Waals surface area contributed by atoms with Crippen molar-refractivity contribution in [1.82, 2.24) is 14.8 Å². The van der Waals surface area contributed by atoms with Gasteiger partial charge in [-0.3, -0.25) is 9.69 Å². The van der Waals surface area contributed by atoms with Crippen LogP contribution < -0.4 is 0 Å². The van der Waals surface area contributed by atoms with Crippen molar-refractivity contribution < 1.29 is 13.9 Å². The minimum Gasteiger partial charge on any atom is -0.376 e. The highest BCUT2D eigenvalue weighted by molar-refractivity contribution is 5.92. The van der Waals surface area contributed by atoms with Gasteiger partial charge in [0.25, 0.3) is 5.91 Å². The first-order valence-electron chi connectivity index (χ1n) is 10.7. The van der Waals surface area contributed by atoms with Crippen molar-refractivity contribution in [2.45, 2.75) is 38.3 Å². The van der Waals surface area contributed by atoms with E-state index in [1.807, 2.05) is 29.2 Å². The number of H-pyrrole nitrogens is 1. The van der Waals surface area contributed by atoms with Crippen LogP contribution in [0.5, 0.6) is 0 Å². The summed E-state index contributed by atoms with van der Waals surface area (Å²) in [6.45, 7) is 4.73. The van der Waals surface area contributed by atoms with E-state index in [1.165, 1.54) is 6.07 Å². The van der Waals surface area contributed by atoms with Gasteiger partial charge < -0.3 is 14.6 Å². The van der Waals surface area contributed by atoms with Gasteiger partial charge in [0.15, 0.2) is 0 Å². The smallest absolute Gasteiger partial charge is 0.270 e. The Morgan fingerprint density at radius 2 is 1.97 bits per heavy atom. The lowest BCUT2D eigenvalue weighted by molar-refractivity contribution is 0.0440. The Morgan fingerprint density at radius 1 is 1.14 bits per heavy atom. The molecular weight excluding hydrogens is 369 g/mol. The van der Waals surface area contributed by atoms with E-state index >= 15 is 0 Å². The third-order valence-electron chi connectivity index (χ3n) is 6.10. The third-order valence-corrected chi connectivity index (χ3v) is 6.10. The molecule has 1 N–H and O–H groups in total. The van der Waals surface area contributed by atoms with Crippen LogP contribution in [0.4, 0.5) is 4.39 Å². The predicted molar refractivity (Wildman–Crippen MR) is 110 cm³/mol. The molecule has 0 spiro atoms. The fourth-order valence-electron chi connectivity index (χ4n) is 4.41. The Hall–Kier alpha value is -2.18. The maximum Gasteiger partial charge on any atom is 0.270 e. The normalized spacial score (nSPS) is 20.8. The SMILES string of the molecule is O=C(c1ccc[nH]1)N(CC1CCN(Cc2ccccc2F)CC1)CC1CCCO1. The number of carbonyl (C=O) groups excluding carboxylic acids is 1. The summed E-state index contributed by atoms with van der Waals surface area (Å²) in [6, 6.07) is 10.7. The largest absolute Gasteiger partial charge is 0.376 e. The Labute approximate surface area is 171 Å². The Balaban J connectivity index is 1.33. The zero-order valence-electron chi connectivity index (χ0n) is 16.9. The number of benzene rings is 1. The van der Waals surface area contributed by atoms with Gasteiger partial charge in [-0.2, -0.15) is 0 Å². The molecule has 6 heteroatoms. The quantitative estimate of drug-likeness (QED) is 0.773. The molecule has 29 heavy (non-hydrogen) atoms. The van der Waals surface area contributed by atoms with Gasteiger partial charge in [-0.1, -0.05) is 18.2 Å². The van der Waals surface area contributed by atoms with Crippen molar-refractivity contribution in [3.8, 4) is 0 Å². The van der Waals surface area contributed by atoms with Crippen molar-refractivity contribution in [1.29, 1.82) is 0 Å². The van der Waals surface area contributed by atoms with Crippen LogP contribution in [0.25, 0.3) is 0 Å². The van der Waals surface area contributed by atoms with Crippen molar-refractivity contribution in [2.75, 3.05) is 32.8 Å². The summed E-state index contributed by atoms with van der Waals surface area (Å²) >= 11 is 0. The van der Waals surface area contributed by atoms with Crippen molar-refractivity contribution >= 4 is 5.91 Å². The fourth-order valence-corrected chi connectivity index (χ4v) is 4.41. The van der Waals surface area contributed by atoms with Crippen LogP contribution in [-0.4, -0.2) is 59.6 Å². The Kier molecular flexibility index (Phi) is 6.62. The molecule has 1 aromatic carbocycles. The molecule has 3 heterocycles. The summed E-state index contributed by atoms with van der Waals surface area (Å²) in [5.41, 5.74) is 1.40. The van der Waals surface area contributed by atoms with Gasteiger partial charge in [-0.05, 0) is 62.9 Å². The third kappa shape index (κ3) is 5.25. The van der Waals surface area contributed by atoms with Gasteiger partial charge in [-0.25, -0.2) is 4.39 Å². The number of hydrogen-bond donors (Lipinski definition) is 1. The van der Waals surface area contributed by atoms with Gasteiger partial charge in [0.05, 0.1) is 6.10 Å². The van der Waals surface area contributed by atoms with Gasteiger partial charge in [-0.15, -0.1) is 0 Å². The maximum atomic E-state index is 13.9. The maximum absolute atomic E-state index is 13.9. The second-order valence-electron chi connectivity index (χ2n) is 8.24. The molecule has 1 unspecified atom stereocenters. The van der Waals surface area contributed by atoms with E-state index in [9.17, 15) is 9.18 Å². The number of carbonyl (C=O) groups is 1. The van der Waals surface area contributed by atoms with E-state index in [4.69, 9.17) is 4.74 Å². The number of nitrogens with zero attached hydrogens (tertiary/aromatic N) is 2. The molecule has 2 saturated heterocycles. The standard InChI is InChI=1S/C23H30FN3O2/c24-21-7-2-1-5-19(21)16-26-12-9-18(10-13-26)15-27(17-20-6-4-14-29-20)23(28)22-8-3-11-25-22/h1-3,5,7-8,11,18,20,25H,4,6,9-10,12-17H2. The fraction of sp³-hybridized carbons (Fsp3) is 0.522. The lowest BCUT2D eigenvalue weighted by Gasteiger charge is -2.35. The highest BCUT2D eigenvalue weighted by Gasteiger charge is 2.28. The van der Waals surface area contributed by atoms with Gasteiger partial charge in [0.1, 0.15) is 11.5 Å². The molecule has 0 aliphatic carbocycles. The lowest BCUT2D eigenvalue weighted by atomic mass is 9.95. The molecule has 156 valence electrons. The van der Waals surface area contributed by atoms with Crippen LogP contribution in [0, 0.1) is 11.7 Å². The first-order valence-corrected chi connectivity index (χ1v) is 10.7. The van der Waals surface area contributed by atoms with Gasteiger partial charge >= 0.3 is 0 Å². The summed E-state index contributed by atoms with van der Waals surface area (Å²) in [5.74, 6) is 0.389. The number of piperidine rings is 1. The summed E-state index contributed by atoms with van der Waals surface area (Å²) < 4.78 is 19.7. The molecular formula is C23H30FN3O2. The number of nitrogens with one attached hydrogen (secondary N) is 1. The molecule has 2 fully saturated rings. The van der Waals surface area contributed by atoms with Gasteiger partial charge in [0.2, 0.25) is 0 Å². The Bertz CT molecular complexity index is 781. The number of likely N-dealkylation sites (tertiary alicyclic amines) is 1. The van der Waals surface area contributed by atoms with Gasteiger partial charge in [0, 0.05) is 38.0 Å². The number of hydrogen-bond acceptors (Lipinski definition) is 3. The number of aromatic nitrogens is 1. The minimum atomic E-state index is -0.131. The van der Waals surface area contributed by atoms with Crippen LogP contribution >= 0.6 is 0 Å². The summed E-state index contributed by atoms with van der Waals surface area (Å²) in [7, 11) is 0. The second kappa shape index (κ2) is 9.55. The Morgan fingerprint density at radius 3 is 2.66 bits per heavy atom. The molecule has 0 bridgehead atoms. The molecule has 2 aliphatic heterocycles. The molecule has 1 amide bonds. The summed E-state index contributed by atoms with van der Waals surface area (Å²) in [6.07, 6.45) is 6.08.